The third-order valence-corrected chi connectivity index (χ3v) is 5.79. The van der Waals surface area contributed by atoms with E-state index in [1.54, 1.807) is 6.92 Å². The molecule has 0 aliphatic heterocycles. The molecule has 0 amide bonds. The summed E-state index contributed by atoms with van der Waals surface area (Å²) >= 11 is 0. The predicted molar refractivity (Wildman–Crippen MR) is 145 cm³/mol. The van der Waals surface area contributed by atoms with Gasteiger partial charge in [-0.1, -0.05) is 12.1 Å². The molecule has 1 aromatic rings. The first kappa shape index (κ1) is 34.3. The number of carboxylic acid groups (broad SMARTS) is 5. The maximum Gasteiger partial charge on any atom is 0.317 e. The van der Waals surface area contributed by atoms with Crippen molar-refractivity contribution in [3.63, 3.8) is 0 Å². The minimum absolute atomic E-state index is 0.0637. The van der Waals surface area contributed by atoms with Crippen molar-refractivity contribution in [3.8, 4) is 0 Å². The van der Waals surface area contributed by atoms with Crippen LogP contribution >= 0.6 is 0 Å². The third kappa shape index (κ3) is 14.4. The van der Waals surface area contributed by atoms with Gasteiger partial charge in [0.1, 0.15) is 0 Å². The number of nitrogens with zero attached hydrogens (tertiary/aromatic N) is 3. The quantitative estimate of drug-likeness (QED) is 0.135. The average Bonchev–Trinajstić information content (AvgIpc) is 2.76. The van der Waals surface area contributed by atoms with Crippen LogP contribution in [0.5, 0.6) is 0 Å². The lowest BCUT2D eigenvalue weighted by atomic mass is 10.0. The molecular formula is C26H40N4O10. The Morgan fingerprint density at radius 1 is 0.700 bits per heavy atom. The van der Waals surface area contributed by atoms with Gasteiger partial charge >= 0.3 is 29.8 Å². The number of carboxylic acids is 5. The van der Waals surface area contributed by atoms with Gasteiger partial charge in [-0.05, 0) is 51.8 Å². The largest absolute Gasteiger partial charge is 0.480 e. The molecule has 0 spiro atoms. The highest BCUT2D eigenvalue weighted by molar-refractivity contribution is 5.73. The van der Waals surface area contributed by atoms with E-state index in [0.717, 1.165) is 11.3 Å². The van der Waals surface area contributed by atoms with E-state index in [9.17, 15) is 49.5 Å². The summed E-state index contributed by atoms with van der Waals surface area (Å²) in [5, 5.41) is 50.1. The van der Waals surface area contributed by atoms with Crippen molar-refractivity contribution < 1.29 is 49.5 Å². The van der Waals surface area contributed by atoms with Crippen molar-refractivity contribution in [2.45, 2.75) is 51.7 Å². The SMILES string of the molecule is C[C@@H](CN(CC(=O)O)C[C@H](Cc1ccc(NC(C)(C)C)cc1)N(CC(=O)O)CC(=O)O)N(CC(=O)O)CC(=O)O. The molecule has 14 nitrogen and oxygen atoms in total. The minimum atomic E-state index is -1.26. The van der Waals surface area contributed by atoms with Crippen LogP contribution in [0, 0.1) is 0 Å². The fourth-order valence-electron chi connectivity index (χ4n) is 4.30. The second kappa shape index (κ2) is 15.7. The van der Waals surface area contributed by atoms with Crippen LogP contribution < -0.4 is 5.32 Å². The summed E-state index contributed by atoms with van der Waals surface area (Å²) in [5.74, 6) is -6.25. The summed E-state index contributed by atoms with van der Waals surface area (Å²) in [4.78, 5) is 61.2. The molecule has 0 fully saturated rings. The number of hydrogen-bond acceptors (Lipinski definition) is 9. The molecule has 0 radical (unpaired) electrons. The highest BCUT2D eigenvalue weighted by Gasteiger charge is 2.29. The van der Waals surface area contributed by atoms with Crippen molar-refractivity contribution in [1.82, 2.24) is 14.7 Å². The van der Waals surface area contributed by atoms with Gasteiger partial charge in [0.15, 0.2) is 0 Å². The highest BCUT2D eigenvalue weighted by atomic mass is 16.4. The molecule has 224 valence electrons. The van der Waals surface area contributed by atoms with Crippen LogP contribution in [0.25, 0.3) is 0 Å². The summed E-state index contributed by atoms with van der Waals surface area (Å²) in [5.41, 5.74) is 1.42. The lowest BCUT2D eigenvalue weighted by molar-refractivity contribution is -0.144. The smallest absolute Gasteiger partial charge is 0.317 e. The van der Waals surface area contributed by atoms with Crippen LogP contribution in [0.15, 0.2) is 24.3 Å². The minimum Gasteiger partial charge on any atom is -0.480 e. The Kier molecular flexibility index (Phi) is 13.5. The normalized spacial score (nSPS) is 13.3. The van der Waals surface area contributed by atoms with Gasteiger partial charge in [-0.15, -0.1) is 0 Å². The van der Waals surface area contributed by atoms with Crippen LogP contribution in [-0.2, 0) is 30.4 Å². The van der Waals surface area contributed by atoms with Gasteiger partial charge in [-0.3, -0.25) is 38.7 Å². The molecule has 2 atom stereocenters. The van der Waals surface area contributed by atoms with Crippen LogP contribution in [0.1, 0.15) is 33.3 Å². The van der Waals surface area contributed by atoms with Crippen LogP contribution in [0.2, 0.25) is 0 Å². The zero-order valence-electron chi connectivity index (χ0n) is 23.2. The fourth-order valence-corrected chi connectivity index (χ4v) is 4.30. The lowest BCUT2D eigenvalue weighted by Crippen LogP contribution is -2.53. The van der Waals surface area contributed by atoms with E-state index in [1.165, 1.54) is 14.7 Å². The van der Waals surface area contributed by atoms with Crippen LogP contribution in [-0.4, -0.2) is 134 Å². The topological polar surface area (TPSA) is 208 Å². The van der Waals surface area contributed by atoms with Crippen molar-refractivity contribution in [2.75, 3.05) is 51.1 Å². The monoisotopic (exact) mass is 568 g/mol. The number of aliphatic carboxylic acids is 5. The molecule has 0 heterocycles. The summed E-state index contributed by atoms with van der Waals surface area (Å²) in [6, 6.07) is 5.83. The van der Waals surface area contributed by atoms with E-state index in [0.29, 0.717) is 0 Å². The fraction of sp³-hybridized carbons (Fsp3) is 0.577. The molecule has 0 saturated heterocycles. The molecule has 0 saturated carbocycles. The number of anilines is 1. The van der Waals surface area contributed by atoms with Gasteiger partial charge in [0.2, 0.25) is 0 Å². The number of carbonyl (C=O) groups is 5. The molecule has 0 aliphatic carbocycles. The van der Waals surface area contributed by atoms with Gasteiger partial charge < -0.3 is 30.8 Å². The highest BCUT2D eigenvalue weighted by Crippen LogP contribution is 2.18. The van der Waals surface area contributed by atoms with Crippen molar-refractivity contribution in [2.24, 2.45) is 0 Å². The predicted octanol–water partition coefficient (Wildman–Crippen LogP) is 0.526. The first-order valence-corrected chi connectivity index (χ1v) is 12.6. The summed E-state index contributed by atoms with van der Waals surface area (Å²) in [6.45, 7) is 4.51. The Hall–Kier alpha value is -3.75. The molecule has 0 unspecified atom stereocenters. The Bertz CT molecular complexity index is 993. The van der Waals surface area contributed by atoms with Crippen molar-refractivity contribution in [1.29, 1.82) is 0 Å². The Balaban J connectivity index is 3.33. The van der Waals surface area contributed by atoms with Gasteiger partial charge in [0.05, 0.1) is 32.7 Å². The van der Waals surface area contributed by atoms with Crippen molar-refractivity contribution >= 4 is 35.5 Å². The number of rotatable bonds is 19. The molecule has 0 bridgehead atoms. The molecule has 14 heteroatoms. The maximum atomic E-state index is 11.7. The summed E-state index contributed by atoms with van der Waals surface area (Å²) < 4.78 is 0. The standard InChI is InChI=1S/C26H40N4O10/c1-17(29(13-22(33)34)14-23(35)36)10-28(12-21(31)32)11-20(30(15-24(37)38)16-25(39)40)9-18-5-7-19(8-6-18)27-26(2,3)4/h5-8,17,20,27H,9-16H2,1-4H3,(H,31,32)(H,33,34)(H,35,36)(H,37,38)(H,39,40)/t17-,20-/m0/s1. The first-order valence-electron chi connectivity index (χ1n) is 12.6. The molecule has 40 heavy (non-hydrogen) atoms. The van der Waals surface area contributed by atoms with Gasteiger partial charge in [0.25, 0.3) is 0 Å². The Morgan fingerprint density at radius 3 is 1.52 bits per heavy atom. The summed E-state index contributed by atoms with van der Waals surface area (Å²) in [6.07, 6.45) is 0.189. The number of nitrogens with one attached hydrogen (secondary N) is 1. The van der Waals surface area contributed by atoms with E-state index in [-0.39, 0.29) is 25.0 Å². The third-order valence-electron chi connectivity index (χ3n) is 5.79. The molecule has 6 N–H and O–H groups in total. The van der Waals surface area contributed by atoms with Gasteiger partial charge in [-0.25, -0.2) is 0 Å². The Labute approximate surface area is 232 Å². The van der Waals surface area contributed by atoms with E-state index >= 15 is 0 Å². The Morgan fingerprint density at radius 2 is 1.12 bits per heavy atom. The van der Waals surface area contributed by atoms with Crippen LogP contribution in [0.3, 0.4) is 0 Å². The van der Waals surface area contributed by atoms with Crippen molar-refractivity contribution in [3.05, 3.63) is 29.8 Å². The summed E-state index contributed by atoms with van der Waals surface area (Å²) in [7, 11) is 0. The second-order valence-electron chi connectivity index (χ2n) is 10.8. The lowest BCUT2D eigenvalue weighted by Gasteiger charge is -2.36. The molecule has 1 rings (SSSR count). The van der Waals surface area contributed by atoms with Gasteiger partial charge in [-0.2, -0.15) is 0 Å². The van der Waals surface area contributed by atoms with E-state index < -0.39 is 74.7 Å². The molecular weight excluding hydrogens is 528 g/mol. The van der Waals surface area contributed by atoms with E-state index in [1.807, 2.05) is 45.0 Å². The maximum absolute atomic E-state index is 11.7. The second-order valence-corrected chi connectivity index (χ2v) is 10.8. The number of benzene rings is 1. The molecule has 0 aromatic heterocycles. The average molecular weight is 569 g/mol. The zero-order valence-corrected chi connectivity index (χ0v) is 23.2. The van der Waals surface area contributed by atoms with Crippen LogP contribution in [0.4, 0.5) is 5.69 Å². The van der Waals surface area contributed by atoms with E-state index in [4.69, 9.17) is 0 Å². The number of hydrogen-bond donors (Lipinski definition) is 6. The first-order chi connectivity index (χ1) is 18.4. The van der Waals surface area contributed by atoms with Gasteiger partial charge in [0, 0.05) is 36.4 Å². The molecule has 0 aliphatic rings. The molecule has 1 aromatic carbocycles. The van der Waals surface area contributed by atoms with E-state index in [2.05, 4.69) is 5.32 Å². The zero-order chi connectivity index (χ0) is 30.6.